The Morgan fingerprint density at radius 3 is 2.58 bits per heavy atom. The maximum Gasteiger partial charge on any atom is 0.309 e. The van der Waals surface area contributed by atoms with Crippen LogP contribution in [0, 0.1) is 13.8 Å². The minimum atomic E-state index is -0.469. The molecule has 24 heavy (non-hydrogen) atoms. The summed E-state index contributed by atoms with van der Waals surface area (Å²) in [6.45, 7) is 3.77. The van der Waals surface area contributed by atoms with Crippen LogP contribution in [0.25, 0.3) is 0 Å². The van der Waals surface area contributed by atoms with E-state index in [0.717, 1.165) is 16.9 Å². The van der Waals surface area contributed by atoms with Gasteiger partial charge in [0.25, 0.3) is 5.91 Å². The van der Waals surface area contributed by atoms with E-state index in [1.54, 1.807) is 6.07 Å². The van der Waals surface area contributed by atoms with Crippen LogP contribution in [0.1, 0.15) is 17.5 Å². The van der Waals surface area contributed by atoms with Gasteiger partial charge in [0.1, 0.15) is 5.75 Å². The van der Waals surface area contributed by atoms with E-state index in [4.69, 9.17) is 9.47 Å². The molecule has 0 saturated carbocycles. The Balaban J connectivity index is 1.67. The maximum atomic E-state index is 11.7. The van der Waals surface area contributed by atoms with Crippen LogP contribution in [-0.4, -0.2) is 25.1 Å². The average Bonchev–Trinajstić information content (AvgIpc) is 2.55. The highest BCUT2D eigenvalue weighted by Crippen LogP contribution is 2.16. The van der Waals surface area contributed by atoms with Gasteiger partial charge < -0.3 is 14.8 Å². The lowest BCUT2D eigenvalue weighted by Gasteiger charge is -2.09. The summed E-state index contributed by atoms with van der Waals surface area (Å²) in [5, 5.41) is 2.68. The van der Waals surface area contributed by atoms with Crippen LogP contribution >= 0.6 is 0 Å². The van der Waals surface area contributed by atoms with Crippen molar-refractivity contribution in [2.45, 2.75) is 20.3 Å². The molecule has 0 unspecified atom stereocenters. The summed E-state index contributed by atoms with van der Waals surface area (Å²) in [7, 11) is 0. The summed E-state index contributed by atoms with van der Waals surface area (Å²) in [6.07, 6.45) is 0.0893. The van der Waals surface area contributed by atoms with Crippen molar-refractivity contribution >= 4 is 17.6 Å². The van der Waals surface area contributed by atoms with Crippen molar-refractivity contribution in [2.75, 3.05) is 18.5 Å². The third-order valence-electron chi connectivity index (χ3n) is 3.32. The van der Waals surface area contributed by atoms with Crippen molar-refractivity contribution in [1.29, 1.82) is 0 Å². The molecule has 2 aromatic carbocycles. The fourth-order valence-electron chi connectivity index (χ4n) is 2.10. The number of carbonyl (C=O) groups excluding carboxylic acids is 2. The molecule has 0 radical (unpaired) electrons. The number of ether oxygens (including phenoxy) is 2. The molecule has 0 aromatic heterocycles. The van der Waals surface area contributed by atoms with Crippen LogP contribution in [-0.2, 0) is 14.3 Å². The van der Waals surface area contributed by atoms with Crippen molar-refractivity contribution in [3.63, 3.8) is 0 Å². The normalized spacial score (nSPS) is 10.1. The molecular weight excluding hydrogens is 306 g/mol. The van der Waals surface area contributed by atoms with Crippen molar-refractivity contribution in [3.8, 4) is 5.75 Å². The van der Waals surface area contributed by atoms with Gasteiger partial charge in [-0.05, 0) is 43.2 Å². The van der Waals surface area contributed by atoms with Crippen LogP contribution in [0.2, 0.25) is 0 Å². The summed E-state index contributed by atoms with van der Waals surface area (Å²) >= 11 is 0. The van der Waals surface area contributed by atoms with E-state index in [9.17, 15) is 9.59 Å². The SMILES string of the molecule is Cc1cccc(NC(=O)COC(=O)CCOc2ccccc2C)c1. The van der Waals surface area contributed by atoms with Crippen LogP contribution in [0.15, 0.2) is 48.5 Å². The Bertz CT molecular complexity index is 712. The zero-order valence-corrected chi connectivity index (χ0v) is 13.9. The smallest absolute Gasteiger partial charge is 0.309 e. The van der Waals surface area contributed by atoms with E-state index < -0.39 is 5.97 Å². The van der Waals surface area contributed by atoms with Gasteiger partial charge in [0, 0.05) is 5.69 Å². The van der Waals surface area contributed by atoms with E-state index in [0.29, 0.717) is 5.69 Å². The monoisotopic (exact) mass is 327 g/mol. The van der Waals surface area contributed by atoms with Gasteiger partial charge in [-0.2, -0.15) is 0 Å². The summed E-state index contributed by atoms with van der Waals surface area (Å²) in [5.74, 6) is -0.0979. The molecule has 0 aliphatic carbocycles. The quantitative estimate of drug-likeness (QED) is 0.793. The molecule has 0 aliphatic heterocycles. The van der Waals surface area contributed by atoms with Crippen molar-refractivity contribution in [3.05, 3.63) is 59.7 Å². The van der Waals surface area contributed by atoms with Crippen molar-refractivity contribution in [2.24, 2.45) is 0 Å². The van der Waals surface area contributed by atoms with Gasteiger partial charge in [0.05, 0.1) is 13.0 Å². The van der Waals surface area contributed by atoms with Crippen molar-refractivity contribution < 1.29 is 19.1 Å². The van der Waals surface area contributed by atoms with Crippen LogP contribution < -0.4 is 10.1 Å². The fraction of sp³-hybridized carbons (Fsp3) is 0.263. The molecule has 5 nitrogen and oxygen atoms in total. The molecule has 2 aromatic rings. The van der Waals surface area contributed by atoms with Gasteiger partial charge in [0.15, 0.2) is 6.61 Å². The molecular formula is C19H21NO4. The third kappa shape index (κ3) is 5.76. The molecule has 0 heterocycles. The first kappa shape index (κ1) is 17.5. The van der Waals surface area contributed by atoms with Crippen LogP contribution in [0.4, 0.5) is 5.69 Å². The number of esters is 1. The number of hydrogen-bond acceptors (Lipinski definition) is 4. The summed E-state index contributed by atoms with van der Waals surface area (Å²) in [4.78, 5) is 23.4. The number of carbonyl (C=O) groups is 2. The number of para-hydroxylation sites is 1. The van der Waals surface area contributed by atoms with Gasteiger partial charge in [0.2, 0.25) is 0 Å². The minimum absolute atomic E-state index is 0.0893. The molecule has 126 valence electrons. The predicted octanol–water partition coefficient (Wildman–Crippen LogP) is 3.25. The predicted molar refractivity (Wildman–Crippen MR) is 92.1 cm³/mol. The topological polar surface area (TPSA) is 64.6 Å². The molecule has 0 aliphatic rings. The third-order valence-corrected chi connectivity index (χ3v) is 3.32. The molecule has 0 fully saturated rings. The van der Waals surface area contributed by atoms with E-state index in [2.05, 4.69) is 5.32 Å². The number of benzene rings is 2. The number of aryl methyl sites for hydroxylation is 2. The number of amides is 1. The van der Waals surface area contributed by atoms with E-state index in [1.807, 2.05) is 56.3 Å². The average molecular weight is 327 g/mol. The molecule has 0 saturated heterocycles. The Labute approximate surface area is 141 Å². The molecule has 2 rings (SSSR count). The standard InChI is InChI=1S/C19H21NO4/c1-14-6-5-8-16(12-14)20-18(21)13-24-19(22)10-11-23-17-9-4-3-7-15(17)2/h3-9,12H,10-11,13H2,1-2H3,(H,20,21). The second-order valence-corrected chi connectivity index (χ2v) is 5.44. The first-order chi connectivity index (χ1) is 11.5. The van der Waals surface area contributed by atoms with Crippen LogP contribution in [0.5, 0.6) is 5.75 Å². The highest BCUT2D eigenvalue weighted by molar-refractivity contribution is 5.92. The first-order valence-corrected chi connectivity index (χ1v) is 7.75. The zero-order chi connectivity index (χ0) is 17.4. The highest BCUT2D eigenvalue weighted by atomic mass is 16.5. The lowest BCUT2D eigenvalue weighted by Crippen LogP contribution is -2.21. The minimum Gasteiger partial charge on any atom is -0.493 e. The fourth-order valence-corrected chi connectivity index (χ4v) is 2.10. The lowest BCUT2D eigenvalue weighted by molar-refractivity contribution is -0.147. The molecule has 0 bridgehead atoms. The Morgan fingerprint density at radius 1 is 1.04 bits per heavy atom. The zero-order valence-electron chi connectivity index (χ0n) is 13.9. The largest absolute Gasteiger partial charge is 0.493 e. The molecule has 1 N–H and O–H groups in total. The van der Waals surface area contributed by atoms with Crippen LogP contribution in [0.3, 0.4) is 0 Å². The van der Waals surface area contributed by atoms with Gasteiger partial charge in [-0.15, -0.1) is 0 Å². The lowest BCUT2D eigenvalue weighted by atomic mass is 10.2. The number of anilines is 1. The number of hydrogen-bond donors (Lipinski definition) is 1. The molecule has 0 atom stereocenters. The molecule has 1 amide bonds. The summed E-state index contributed by atoms with van der Waals surface area (Å²) < 4.78 is 10.5. The Morgan fingerprint density at radius 2 is 1.83 bits per heavy atom. The number of rotatable bonds is 7. The second kappa shape index (κ2) is 8.72. The van der Waals surface area contributed by atoms with Gasteiger partial charge in [-0.25, -0.2) is 0 Å². The van der Waals surface area contributed by atoms with Gasteiger partial charge in [-0.3, -0.25) is 9.59 Å². The summed E-state index contributed by atoms with van der Waals surface area (Å²) in [5.41, 5.74) is 2.72. The first-order valence-electron chi connectivity index (χ1n) is 7.75. The van der Waals surface area contributed by atoms with E-state index in [1.165, 1.54) is 0 Å². The molecule has 0 spiro atoms. The Kier molecular flexibility index (Phi) is 6.37. The van der Waals surface area contributed by atoms with E-state index >= 15 is 0 Å². The van der Waals surface area contributed by atoms with E-state index in [-0.39, 0.29) is 25.5 Å². The number of nitrogens with one attached hydrogen (secondary N) is 1. The van der Waals surface area contributed by atoms with Gasteiger partial charge >= 0.3 is 5.97 Å². The maximum absolute atomic E-state index is 11.7. The second-order valence-electron chi connectivity index (χ2n) is 5.44. The van der Waals surface area contributed by atoms with Gasteiger partial charge in [-0.1, -0.05) is 30.3 Å². The Hall–Kier alpha value is -2.82. The highest BCUT2D eigenvalue weighted by Gasteiger charge is 2.09. The summed E-state index contributed by atoms with van der Waals surface area (Å²) in [6, 6.07) is 15.0. The van der Waals surface area contributed by atoms with Crippen molar-refractivity contribution in [1.82, 2.24) is 0 Å². The molecule has 5 heteroatoms.